The second-order valence-corrected chi connectivity index (χ2v) is 13.6. The molecular formula is C50H30O. The monoisotopic (exact) mass is 646 g/mol. The molecule has 10 aromatic carbocycles. The van der Waals surface area contributed by atoms with Crippen LogP contribution < -0.4 is 0 Å². The molecule has 0 fully saturated rings. The first-order valence-corrected chi connectivity index (χ1v) is 17.6. The van der Waals surface area contributed by atoms with Gasteiger partial charge in [-0.05, 0) is 112 Å². The van der Waals surface area contributed by atoms with E-state index in [1.54, 1.807) is 0 Å². The molecule has 0 amide bonds. The minimum Gasteiger partial charge on any atom is -0.456 e. The summed E-state index contributed by atoms with van der Waals surface area (Å²) in [6, 6.07) is 66.3. The first kappa shape index (κ1) is 28.2. The van der Waals surface area contributed by atoms with Crippen LogP contribution in [0.2, 0.25) is 0 Å². The van der Waals surface area contributed by atoms with Crippen molar-refractivity contribution in [2.24, 2.45) is 0 Å². The summed E-state index contributed by atoms with van der Waals surface area (Å²) in [4.78, 5) is 0. The highest BCUT2D eigenvalue weighted by Crippen LogP contribution is 2.46. The first-order chi connectivity index (χ1) is 25.3. The van der Waals surface area contributed by atoms with Crippen molar-refractivity contribution in [2.75, 3.05) is 0 Å². The van der Waals surface area contributed by atoms with Gasteiger partial charge in [-0.2, -0.15) is 0 Å². The van der Waals surface area contributed by atoms with E-state index < -0.39 is 0 Å². The van der Waals surface area contributed by atoms with E-state index >= 15 is 0 Å². The van der Waals surface area contributed by atoms with Gasteiger partial charge in [-0.3, -0.25) is 0 Å². The normalized spacial score (nSPS) is 11.9. The van der Waals surface area contributed by atoms with Gasteiger partial charge in [0.1, 0.15) is 11.2 Å². The lowest BCUT2D eigenvalue weighted by molar-refractivity contribution is 0.669. The third kappa shape index (κ3) is 4.22. The maximum absolute atomic E-state index is 6.39. The summed E-state index contributed by atoms with van der Waals surface area (Å²) >= 11 is 0. The fourth-order valence-electron chi connectivity index (χ4n) is 8.54. The van der Waals surface area contributed by atoms with Crippen LogP contribution in [0.25, 0.3) is 109 Å². The second-order valence-electron chi connectivity index (χ2n) is 13.6. The molecule has 0 aliphatic heterocycles. The van der Waals surface area contributed by atoms with Crippen molar-refractivity contribution in [2.45, 2.75) is 0 Å². The average Bonchev–Trinajstić information content (AvgIpc) is 3.57. The van der Waals surface area contributed by atoms with Crippen molar-refractivity contribution < 1.29 is 4.42 Å². The molecule has 51 heavy (non-hydrogen) atoms. The minimum absolute atomic E-state index is 0.924. The van der Waals surface area contributed by atoms with Gasteiger partial charge in [-0.15, -0.1) is 0 Å². The van der Waals surface area contributed by atoms with Crippen molar-refractivity contribution in [3.8, 4) is 33.4 Å². The highest BCUT2D eigenvalue weighted by molar-refractivity contribution is 6.29. The number of furan rings is 1. The lowest BCUT2D eigenvalue weighted by atomic mass is 9.84. The van der Waals surface area contributed by atoms with E-state index in [1.165, 1.54) is 87.2 Å². The smallest absolute Gasteiger partial charge is 0.136 e. The first-order valence-electron chi connectivity index (χ1n) is 17.6. The molecule has 11 rings (SSSR count). The Hall–Kier alpha value is -6.70. The molecule has 0 radical (unpaired) electrons. The molecule has 0 spiro atoms. The van der Waals surface area contributed by atoms with E-state index in [0.29, 0.717) is 0 Å². The lowest BCUT2D eigenvalue weighted by Crippen LogP contribution is -1.91. The Morgan fingerprint density at radius 1 is 0.216 bits per heavy atom. The van der Waals surface area contributed by atoms with Crippen molar-refractivity contribution in [3.05, 3.63) is 182 Å². The Morgan fingerprint density at radius 3 is 1.29 bits per heavy atom. The Balaban J connectivity index is 1.18. The summed E-state index contributed by atoms with van der Waals surface area (Å²) in [5.41, 5.74) is 9.29. The SMILES string of the molecule is c1ccc(-c2ccc(-c3c4ccccc4c(-c4ccc5c(c4)c4ccccc4c4cc6c(cc54)oc4ccccc46)c4ccccc34)cc2)cc1. The molecule has 0 bridgehead atoms. The summed E-state index contributed by atoms with van der Waals surface area (Å²) in [5.74, 6) is 0. The number of para-hydroxylation sites is 1. The van der Waals surface area contributed by atoms with Gasteiger partial charge < -0.3 is 4.42 Å². The Bertz CT molecular complexity index is 3110. The highest BCUT2D eigenvalue weighted by Gasteiger charge is 2.19. The van der Waals surface area contributed by atoms with Gasteiger partial charge in [0.05, 0.1) is 0 Å². The number of benzene rings is 10. The maximum Gasteiger partial charge on any atom is 0.136 e. The maximum atomic E-state index is 6.39. The molecular weight excluding hydrogens is 617 g/mol. The van der Waals surface area contributed by atoms with E-state index in [0.717, 1.165) is 21.9 Å². The number of rotatable bonds is 3. The molecule has 1 heteroatoms. The zero-order chi connectivity index (χ0) is 33.5. The summed E-state index contributed by atoms with van der Waals surface area (Å²) < 4.78 is 6.39. The third-order valence-corrected chi connectivity index (χ3v) is 10.8. The van der Waals surface area contributed by atoms with Crippen LogP contribution in [0.5, 0.6) is 0 Å². The van der Waals surface area contributed by atoms with E-state index in [1.807, 2.05) is 6.07 Å². The van der Waals surface area contributed by atoms with Crippen molar-refractivity contribution in [3.63, 3.8) is 0 Å². The van der Waals surface area contributed by atoms with Crippen LogP contribution >= 0.6 is 0 Å². The molecule has 11 aromatic rings. The molecule has 0 aliphatic rings. The molecule has 0 saturated carbocycles. The number of hydrogen-bond donors (Lipinski definition) is 0. The van der Waals surface area contributed by atoms with Gasteiger partial charge in [0.15, 0.2) is 0 Å². The van der Waals surface area contributed by atoms with Gasteiger partial charge in [-0.1, -0.05) is 158 Å². The van der Waals surface area contributed by atoms with Crippen LogP contribution in [0.1, 0.15) is 0 Å². The topological polar surface area (TPSA) is 13.1 Å². The summed E-state index contributed by atoms with van der Waals surface area (Å²) in [7, 11) is 0. The molecule has 0 N–H and O–H groups in total. The largest absolute Gasteiger partial charge is 0.456 e. The standard InChI is InChI=1S/C50H30O/c1-2-12-31(13-3-1)32-22-24-33(25-23-32)49-39-17-6-8-19-41(39)50(42-20-9-7-18-40(42)49)34-26-27-37-43(28-34)35-14-4-5-15-36(35)44-29-46-38-16-10-11-21-47(38)51-48(46)30-45(37)44/h1-30H. The van der Waals surface area contributed by atoms with E-state index in [2.05, 4.69) is 176 Å². The van der Waals surface area contributed by atoms with Crippen LogP contribution in [0.15, 0.2) is 186 Å². The molecule has 0 aliphatic carbocycles. The molecule has 1 heterocycles. The molecule has 0 saturated heterocycles. The van der Waals surface area contributed by atoms with E-state index in [-0.39, 0.29) is 0 Å². The second kappa shape index (κ2) is 10.9. The summed E-state index contributed by atoms with van der Waals surface area (Å²) in [6.45, 7) is 0. The van der Waals surface area contributed by atoms with Crippen molar-refractivity contribution >= 4 is 75.8 Å². The van der Waals surface area contributed by atoms with Crippen molar-refractivity contribution in [1.82, 2.24) is 0 Å². The van der Waals surface area contributed by atoms with E-state index in [9.17, 15) is 0 Å². The fourth-order valence-corrected chi connectivity index (χ4v) is 8.54. The zero-order valence-electron chi connectivity index (χ0n) is 27.7. The molecule has 0 unspecified atom stereocenters. The average molecular weight is 647 g/mol. The predicted molar refractivity (Wildman–Crippen MR) is 218 cm³/mol. The quantitative estimate of drug-likeness (QED) is 0.138. The van der Waals surface area contributed by atoms with Crippen LogP contribution in [0, 0.1) is 0 Å². The minimum atomic E-state index is 0.924. The number of hydrogen-bond acceptors (Lipinski definition) is 1. The molecule has 0 atom stereocenters. The van der Waals surface area contributed by atoms with Crippen LogP contribution in [-0.4, -0.2) is 0 Å². The van der Waals surface area contributed by atoms with Gasteiger partial charge in [0.25, 0.3) is 0 Å². The van der Waals surface area contributed by atoms with Crippen LogP contribution in [0.3, 0.4) is 0 Å². The van der Waals surface area contributed by atoms with Crippen molar-refractivity contribution in [1.29, 1.82) is 0 Å². The molecule has 236 valence electrons. The van der Waals surface area contributed by atoms with Crippen LogP contribution in [-0.2, 0) is 0 Å². The van der Waals surface area contributed by atoms with Gasteiger partial charge in [0, 0.05) is 10.8 Å². The summed E-state index contributed by atoms with van der Waals surface area (Å²) in [5, 5.41) is 14.8. The number of fused-ring (bicyclic) bond motifs is 11. The van der Waals surface area contributed by atoms with Crippen LogP contribution in [0.4, 0.5) is 0 Å². The third-order valence-electron chi connectivity index (χ3n) is 10.8. The Labute approximate surface area is 294 Å². The predicted octanol–water partition coefficient (Wildman–Crippen LogP) is 14.4. The van der Waals surface area contributed by atoms with E-state index in [4.69, 9.17) is 4.42 Å². The highest BCUT2D eigenvalue weighted by atomic mass is 16.3. The van der Waals surface area contributed by atoms with Gasteiger partial charge in [0.2, 0.25) is 0 Å². The summed E-state index contributed by atoms with van der Waals surface area (Å²) in [6.07, 6.45) is 0. The molecule has 1 nitrogen and oxygen atoms in total. The Kier molecular flexibility index (Phi) is 6.02. The Morgan fingerprint density at radius 2 is 0.647 bits per heavy atom. The van der Waals surface area contributed by atoms with Gasteiger partial charge >= 0.3 is 0 Å². The zero-order valence-corrected chi connectivity index (χ0v) is 27.7. The van der Waals surface area contributed by atoms with Gasteiger partial charge in [-0.25, -0.2) is 0 Å². The molecule has 1 aromatic heterocycles. The lowest BCUT2D eigenvalue weighted by Gasteiger charge is -2.19. The fraction of sp³-hybridized carbons (Fsp3) is 0.